The summed E-state index contributed by atoms with van der Waals surface area (Å²) in [6.07, 6.45) is 8.03. The van der Waals surface area contributed by atoms with Gasteiger partial charge >= 0.3 is 0 Å². The molecule has 0 bridgehead atoms. The van der Waals surface area contributed by atoms with E-state index >= 15 is 0 Å². The van der Waals surface area contributed by atoms with E-state index in [1.54, 1.807) is 13.2 Å². The minimum atomic E-state index is -0.121. The van der Waals surface area contributed by atoms with Crippen molar-refractivity contribution in [2.24, 2.45) is 0 Å². The van der Waals surface area contributed by atoms with Gasteiger partial charge in [0, 0.05) is 37.6 Å². The van der Waals surface area contributed by atoms with Gasteiger partial charge in [0.2, 0.25) is 0 Å². The van der Waals surface area contributed by atoms with Gasteiger partial charge in [-0.2, -0.15) is 0 Å². The van der Waals surface area contributed by atoms with Gasteiger partial charge in [-0.15, -0.1) is 0 Å². The van der Waals surface area contributed by atoms with E-state index in [0.717, 1.165) is 18.8 Å². The van der Waals surface area contributed by atoms with Gasteiger partial charge in [0.25, 0.3) is 5.91 Å². The fraction of sp³-hybridized carbons (Fsp3) is 0.625. The number of carbonyl (C=O) groups is 1. The van der Waals surface area contributed by atoms with Crippen LogP contribution in [0.2, 0.25) is 0 Å². The maximum Gasteiger partial charge on any atom is 0.269 e. The number of rotatable bonds is 3. The van der Waals surface area contributed by atoms with Crippen LogP contribution in [0.15, 0.2) is 18.3 Å². The summed E-state index contributed by atoms with van der Waals surface area (Å²) in [7, 11) is 1.64. The second-order valence-electron chi connectivity index (χ2n) is 5.94. The smallest absolute Gasteiger partial charge is 0.269 e. The zero-order valence-electron chi connectivity index (χ0n) is 12.6. The number of amides is 1. The molecule has 5 nitrogen and oxygen atoms in total. The molecule has 114 valence electrons. The van der Waals surface area contributed by atoms with Crippen LogP contribution in [0, 0.1) is 0 Å². The number of carbonyl (C=O) groups excluding carboxylic acids is 1. The molecule has 21 heavy (non-hydrogen) atoms. The monoisotopic (exact) mass is 288 g/mol. The molecule has 0 aromatic carbocycles. The molecular formula is C16H24N4O. The second-order valence-corrected chi connectivity index (χ2v) is 5.94. The van der Waals surface area contributed by atoms with Crippen LogP contribution in [0.5, 0.6) is 0 Å². The molecule has 5 heteroatoms. The SMILES string of the molecule is CNC(=O)c1cc(N2CCCCC2C2CCCN2)ccn1. The lowest BCUT2D eigenvalue weighted by atomic mass is 9.94. The molecule has 2 saturated heterocycles. The maximum absolute atomic E-state index is 11.8. The predicted molar refractivity (Wildman–Crippen MR) is 83.6 cm³/mol. The second kappa shape index (κ2) is 6.43. The van der Waals surface area contributed by atoms with Crippen molar-refractivity contribution in [3.8, 4) is 0 Å². The van der Waals surface area contributed by atoms with Crippen LogP contribution >= 0.6 is 0 Å². The van der Waals surface area contributed by atoms with Crippen molar-refractivity contribution in [2.45, 2.75) is 44.2 Å². The molecule has 0 saturated carbocycles. The zero-order chi connectivity index (χ0) is 14.7. The lowest BCUT2D eigenvalue weighted by Gasteiger charge is -2.41. The highest BCUT2D eigenvalue weighted by Gasteiger charge is 2.31. The molecule has 0 radical (unpaired) electrons. The summed E-state index contributed by atoms with van der Waals surface area (Å²) in [5.41, 5.74) is 1.63. The number of hydrogen-bond acceptors (Lipinski definition) is 4. The summed E-state index contributed by atoms with van der Waals surface area (Å²) in [6.45, 7) is 2.20. The molecular weight excluding hydrogens is 264 g/mol. The van der Waals surface area contributed by atoms with E-state index in [4.69, 9.17) is 0 Å². The third-order valence-corrected chi connectivity index (χ3v) is 4.65. The summed E-state index contributed by atoms with van der Waals surface area (Å²) < 4.78 is 0. The van der Waals surface area contributed by atoms with Crippen LogP contribution in [-0.4, -0.2) is 43.1 Å². The quantitative estimate of drug-likeness (QED) is 0.886. The fourth-order valence-electron chi connectivity index (χ4n) is 3.59. The Morgan fingerprint density at radius 2 is 2.29 bits per heavy atom. The van der Waals surface area contributed by atoms with Crippen molar-refractivity contribution in [3.63, 3.8) is 0 Å². The number of hydrogen-bond donors (Lipinski definition) is 2. The van der Waals surface area contributed by atoms with Crippen LogP contribution < -0.4 is 15.5 Å². The van der Waals surface area contributed by atoms with E-state index in [9.17, 15) is 4.79 Å². The molecule has 2 fully saturated rings. The standard InChI is InChI=1S/C16H24N4O/c1-17-16(21)14-11-12(7-9-19-14)20-10-3-2-6-15(20)13-5-4-8-18-13/h7,9,11,13,15,18H,2-6,8,10H2,1H3,(H,17,21). The van der Waals surface area contributed by atoms with Crippen molar-refractivity contribution in [3.05, 3.63) is 24.0 Å². The van der Waals surface area contributed by atoms with Gasteiger partial charge in [-0.05, 0) is 50.8 Å². The molecule has 3 rings (SSSR count). The molecule has 1 aromatic rings. The van der Waals surface area contributed by atoms with Crippen molar-refractivity contribution in [2.75, 3.05) is 25.0 Å². The van der Waals surface area contributed by atoms with Crippen LogP contribution in [0.1, 0.15) is 42.6 Å². The molecule has 2 aliphatic heterocycles. The van der Waals surface area contributed by atoms with E-state index in [0.29, 0.717) is 17.8 Å². The molecule has 2 aliphatic rings. The Bertz CT molecular complexity index is 499. The summed E-state index contributed by atoms with van der Waals surface area (Å²) in [4.78, 5) is 18.4. The molecule has 2 atom stereocenters. The first-order valence-electron chi connectivity index (χ1n) is 7.98. The van der Waals surface area contributed by atoms with E-state index in [1.807, 2.05) is 12.1 Å². The summed E-state index contributed by atoms with van der Waals surface area (Å²) >= 11 is 0. The summed E-state index contributed by atoms with van der Waals surface area (Å²) in [5.74, 6) is -0.121. The van der Waals surface area contributed by atoms with E-state index < -0.39 is 0 Å². The molecule has 2 N–H and O–H groups in total. The van der Waals surface area contributed by atoms with Crippen molar-refractivity contribution < 1.29 is 4.79 Å². The van der Waals surface area contributed by atoms with Crippen LogP contribution in [-0.2, 0) is 0 Å². The molecule has 0 spiro atoms. The zero-order valence-corrected chi connectivity index (χ0v) is 12.6. The average Bonchev–Trinajstić information content (AvgIpc) is 3.08. The number of nitrogens with one attached hydrogen (secondary N) is 2. The molecule has 2 unspecified atom stereocenters. The number of pyridine rings is 1. The average molecular weight is 288 g/mol. The summed E-state index contributed by atoms with van der Waals surface area (Å²) in [5, 5.41) is 6.28. The van der Waals surface area contributed by atoms with Gasteiger partial charge in [0.15, 0.2) is 0 Å². The fourth-order valence-corrected chi connectivity index (χ4v) is 3.59. The molecule has 3 heterocycles. The Morgan fingerprint density at radius 3 is 3.05 bits per heavy atom. The Labute approximate surface area is 126 Å². The Hall–Kier alpha value is -1.62. The maximum atomic E-state index is 11.8. The third-order valence-electron chi connectivity index (χ3n) is 4.65. The van der Waals surface area contributed by atoms with Crippen molar-refractivity contribution in [1.82, 2.24) is 15.6 Å². The van der Waals surface area contributed by atoms with E-state index in [1.165, 1.54) is 32.1 Å². The Balaban J connectivity index is 1.84. The number of nitrogens with zero attached hydrogens (tertiary/aromatic N) is 2. The molecule has 0 aliphatic carbocycles. The number of aromatic nitrogens is 1. The first kappa shape index (κ1) is 14.3. The molecule has 1 amide bonds. The topological polar surface area (TPSA) is 57.3 Å². The minimum Gasteiger partial charge on any atom is -0.367 e. The Kier molecular flexibility index (Phi) is 4.39. The lowest BCUT2D eigenvalue weighted by Crippen LogP contribution is -2.50. The lowest BCUT2D eigenvalue weighted by molar-refractivity contribution is 0.0958. The normalized spacial score (nSPS) is 25.9. The van der Waals surface area contributed by atoms with Crippen molar-refractivity contribution >= 4 is 11.6 Å². The van der Waals surface area contributed by atoms with Gasteiger partial charge in [0.1, 0.15) is 5.69 Å². The van der Waals surface area contributed by atoms with Crippen LogP contribution in [0.25, 0.3) is 0 Å². The third kappa shape index (κ3) is 3.02. The van der Waals surface area contributed by atoms with Gasteiger partial charge in [-0.25, -0.2) is 0 Å². The highest BCUT2D eigenvalue weighted by Crippen LogP contribution is 2.29. The van der Waals surface area contributed by atoms with Gasteiger partial charge < -0.3 is 15.5 Å². The van der Waals surface area contributed by atoms with Crippen LogP contribution in [0.3, 0.4) is 0 Å². The van der Waals surface area contributed by atoms with E-state index in [2.05, 4.69) is 20.5 Å². The van der Waals surface area contributed by atoms with E-state index in [-0.39, 0.29) is 5.91 Å². The van der Waals surface area contributed by atoms with Gasteiger partial charge in [0.05, 0.1) is 0 Å². The predicted octanol–water partition coefficient (Wildman–Crippen LogP) is 1.55. The van der Waals surface area contributed by atoms with Crippen molar-refractivity contribution in [1.29, 1.82) is 0 Å². The van der Waals surface area contributed by atoms with Gasteiger partial charge in [-0.3, -0.25) is 9.78 Å². The highest BCUT2D eigenvalue weighted by molar-refractivity contribution is 5.92. The molecule has 1 aromatic heterocycles. The largest absolute Gasteiger partial charge is 0.367 e. The highest BCUT2D eigenvalue weighted by atomic mass is 16.1. The number of piperidine rings is 1. The first-order valence-corrected chi connectivity index (χ1v) is 7.98. The first-order chi connectivity index (χ1) is 10.3. The van der Waals surface area contributed by atoms with Crippen LogP contribution in [0.4, 0.5) is 5.69 Å². The number of anilines is 1. The minimum absolute atomic E-state index is 0.121. The summed E-state index contributed by atoms with van der Waals surface area (Å²) in [6, 6.07) is 5.08. The Morgan fingerprint density at radius 1 is 1.38 bits per heavy atom. The van der Waals surface area contributed by atoms with Gasteiger partial charge in [-0.1, -0.05) is 0 Å².